The molecule has 0 saturated carbocycles. The fourth-order valence-corrected chi connectivity index (χ4v) is 3.47. The standard InChI is InChI=1S/C19H14ClN3O2S/c1-25-14-8-9-16-21-17(15-3-2-10-26-15)18(23(16)11-14)22-19(24)12-4-6-13(20)7-5-12/h2-11H,1H3,(H,22,24). The van der Waals surface area contributed by atoms with E-state index in [1.807, 2.05) is 34.0 Å². The highest BCUT2D eigenvalue weighted by atomic mass is 35.5. The van der Waals surface area contributed by atoms with Crippen molar-refractivity contribution in [2.45, 2.75) is 0 Å². The molecule has 5 nitrogen and oxygen atoms in total. The molecule has 1 aromatic carbocycles. The number of hydrogen-bond acceptors (Lipinski definition) is 4. The van der Waals surface area contributed by atoms with E-state index in [-0.39, 0.29) is 5.91 Å². The molecule has 1 amide bonds. The lowest BCUT2D eigenvalue weighted by molar-refractivity contribution is 0.102. The normalized spacial score (nSPS) is 10.8. The second kappa shape index (κ2) is 6.82. The number of imidazole rings is 1. The van der Waals surface area contributed by atoms with Crippen molar-refractivity contribution in [3.8, 4) is 16.3 Å². The molecule has 130 valence electrons. The topological polar surface area (TPSA) is 55.6 Å². The number of rotatable bonds is 4. The number of benzene rings is 1. The van der Waals surface area contributed by atoms with Gasteiger partial charge in [-0.25, -0.2) is 4.98 Å². The minimum absolute atomic E-state index is 0.232. The van der Waals surface area contributed by atoms with Gasteiger partial charge in [-0.1, -0.05) is 17.7 Å². The largest absolute Gasteiger partial charge is 0.495 e. The number of anilines is 1. The highest BCUT2D eigenvalue weighted by molar-refractivity contribution is 7.13. The third kappa shape index (κ3) is 3.05. The number of nitrogens with zero attached hydrogens (tertiary/aromatic N) is 2. The minimum atomic E-state index is -0.232. The van der Waals surface area contributed by atoms with E-state index < -0.39 is 0 Å². The molecule has 1 N–H and O–H groups in total. The first-order valence-corrected chi connectivity index (χ1v) is 9.08. The SMILES string of the molecule is COc1ccc2nc(-c3cccs3)c(NC(=O)c3ccc(Cl)cc3)n2c1. The molecule has 0 saturated heterocycles. The van der Waals surface area contributed by atoms with Gasteiger partial charge in [0.2, 0.25) is 0 Å². The van der Waals surface area contributed by atoms with Gasteiger partial charge in [-0.05, 0) is 47.8 Å². The van der Waals surface area contributed by atoms with Gasteiger partial charge in [-0.2, -0.15) is 0 Å². The summed E-state index contributed by atoms with van der Waals surface area (Å²) in [4.78, 5) is 18.4. The fourth-order valence-electron chi connectivity index (χ4n) is 2.63. The molecule has 0 fully saturated rings. The van der Waals surface area contributed by atoms with E-state index in [2.05, 4.69) is 10.3 Å². The lowest BCUT2D eigenvalue weighted by Crippen LogP contribution is -2.14. The summed E-state index contributed by atoms with van der Waals surface area (Å²) in [5.41, 5.74) is 1.96. The van der Waals surface area contributed by atoms with Crippen molar-refractivity contribution < 1.29 is 9.53 Å². The van der Waals surface area contributed by atoms with Crippen LogP contribution in [0.15, 0.2) is 60.1 Å². The van der Waals surface area contributed by atoms with Crippen molar-refractivity contribution in [3.63, 3.8) is 0 Å². The van der Waals surface area contributed by atoms with Gasteiger partial charge in [-0.15, -0.1) is 11.3 Å². The van der Waals surface area contributed by atoms with E-state index in [0.717, 1.165) is 16.2 Å². The monoisotopic (exact) mass is 383 g/mol. The lowest BCUT2D eigenvalue weighted by atomic mass is 10.2. The van der Waals surface area contributed by atoms with Crippen molar-refractivity contribution in [2.24, 2.45) is 0 Å². The number of aromatic nitrogens is 2. The number of hydrogen-bond donors (Lipinski definition) is 1. The first kappa shape index (κ1) is 16.6. The number of halogens is 1. The third-order valence-corrected chi connectivity index (χ3v) is 5.05. The molecule has 0 bridgehead atoms. The summed E-state index contributed by atoms with van der Waals surface area (Å²) >= 11 is 7.47. The molecule has 7 heteroatoms. The molecular formula is C19H14ClN3O2S. The van der Waals surface area contributed by atoms with Gasteiger partial charge < -0.3 is 10.1 Å². The van der Waals surface area contributed by atoms with E-state index in [9.17, 15) is 4.79 Å². The summed E-state index contributed by atoms with van der Waals surface area (Å²) in [6.07, 6.45) is 1.80. The van der Waals surface area contributed by atoms with E-state index in [1.165, 1.54) is 0 Å². The zero-order valence-corrected chi connectivity index (χ0v) is 15.3. The summed E-state index contributed by atoms with van der Waals surface area (Å²) in [5.74, 6) is 1.04. The van der Waals surface area contributed by atoms with Crippen LogP contribution in [0.2, 0.25) is 5.02 Å². The summed E-state index contributed by atoms with van der Waals surface area (Å²) in [6, 6.07) is 14.4. The van der Waals surface area contributed by atoms with Crippen LogP contribution in [0.25, 0.3) is 16.2 Å². The van der Waals surface area contributed by atoms with Crippen LogP contribution in [0.3, 0.4) is 0 Å². The van der Waals surface area contributed by atoms with Crippen molar-refractivity contribution >= 4 is 40.3 Å². The molecule has 0 radical (unpaired) electrons. The van der Waals surface area contributed by atoms with E-state index in [0.29, 0.717) is 22.2 Å². The highest BCUT2D eigenvalue weighted by Crippen LogP contribution is 2.33. The number of fused-ring (bicyclic) bond motifs is 1. The number of carbonyl (C=O) groups excluding carboxylic acids is 1. The fraction of sp³-hybridized carbons (Fsp3) is 0.0526. The predicted octanol–water partition coefficient (Wildman–Crippen LogP) is 4.98. The highest BCUT2D eigenvalue weighted by Gasteiger charge is 2.18. The van der Waals surface area contributed by atoms with E-state index >= 15 is 0 Å². The molecule has 0 atom stereocenters. The zero-order valence-electron chi connectivity index (χ0n) is 13.8. The van der Waals surface area contributed by atoms with Crippen molar-refractivity contribution in [2.75, 3.05) is 12.4 Å². The Bertz CT molecular complexity index is 1070. The smallest absolute Gasteiger partial charge is 0.256 e. The number of methoxy groups -OCH3 is 1. The first-order chi connectivity index (χ1) is 12.7. The summed E-state index contributed by atoms with van der Waals surface area (Å²) in [7, 11) is 1.60. The number of pyridine rings is 1. The van der Waals surface area contributed by atoms with Crippen LogP contribution in [0.5, 0.6) is 5.75 Å². The quantitative estimate of drug-likeness (QED) is 0.541. The Kier molecular flexibility index (Phi) is 4.36. The maximum atomic E-state index is 12.7. The van der Waals surface area contributed by atoms with Gasteiger partial charge in [0.1, 0.15) is 22.9 Å². The van der Waals surface area contributed by atoms with Gasteiger partial charge in [-0.3, -0.25) is 9.20 Å². The molecular weight excluding hydrogens is 370 g/mol. The van der Waals surface area contributed by atoms with Crippen LogP contribution in [-0.2, 0) is 0 Å². The maximum Gasteiger partial charge on any atom is 0.256 e. The molecule has 3 aromatic heterocycles. The van der Waals surface area contributed by atoms with Gasteiger partial charge in [0, 0.05) is 10.6 Å². The van der Waals surface area contributed by atoms with Crippen molar-refractivity contribution in [1.29, 1.82) is 0 Å². The maximum absolute atomic E-state index is 12.7. The second-order valence-corrected chi connectivity index (χ2v) is 6.93. The van der Waals surface area contributed by atoms with Gasteiger partial charge >= 0.3 is 0 Å². The molecule has 4 rings (SSSR count). The number of ether oxygens (including phenoxy) is 1. The van der Waals surface area contributed by atoms with E-state index in [4.69, 9.17) is 16.3 Å². The molecule has 0 aliphatic carbocycles. The molecule has 4 aromatic rings. The number of nitrogens with one attached hydrogen (secondary N) is 1. The Morgan fingerprint density at radius 2 is 2.00 bits per heavy atom. The zero-order chi connectivity index (χ0) is 18.1. The van der Waals surface area contributed by atoms with Crippen molar-refractivity contribution in [3.05, 3.63) is 70.7 Å². The van der Waals surface area contributed by atoms with Crippen LogP contribution >= 0.6 is 22.9 Å². The number of thiophene rings is 1. The molecule has 0 aliphatic rings. The van der Waals surface area contributed by atoms with Crippen LogP contribution in [0.4, 0.5) is 5.82 Å². The average Bonchev–Trinajstić information content (AvgIpc) is 3.30. The molecule has 0 aliphatic heterocycles. The third-order valence-electron chi connectivity index (χ3n) is 3.92. The Labute approximate surface area is 158 Å². The Morgan fingerprint density at radius 3 is 2.69 bits per heavy atom. The minimum Gasteiger partial charge on any atom is -0.495 e. The van der Waals surface area contributed by atoms with Gasteiger partial charge in [0.05, 0.1) is 18.2 Å². The Balaban J connectivity index is 1.82. The predicted molar refractivity (Wildman–Crippen MR) is 104 cm³/mol. The van der Waals surface area contributed by atoms with Gasteiger partial charge in [0.25, 0.3) is 5.91 Å². The van der Waals surface area contributed by atoms with Gasteiger partial charge in [0.15, 0.2) is 0 Å². The molecule has 3 heterocycles. The molecule has 26 heavy (non-hydrogen) atoms. The van der Waals surface area contributed by atoms with Crippen LogP contribution in [-0.4, -0.2) is 22.4 Å². The molecule has 0 spiro atoms. The summed E-state index contributed by atoms with van der Waals surface area (Å²) < 4.78 is 7.13. The lowest BCUT2D eigenvalue weighted by Gasteiger charge is -2.08. The number of amides is 1. The first-order valence-electron chi connectivity index (χ1n) is 7.82. The Morgan fingerprint density at radius 1 is 1.19 bits per heavy atom. The van der Waals surface area contributed by atoms with Crippen LogP contribution in [0, 0.1) is 0 Å². The Hall–Kier alpha value is -2.83. The second-order valence-electron chi connectivity index (χ2n) is 5.54. The average molecular weight is 384 g/mol. The van der Waals surface area contributed by atoms with Crippen LogP contribution in [0.1, 0.15) is 10.4 Å². The van der Waals surface area contributed by atoms with Crippen molar-refractivity contribution in [1.82, 2.24) is 9.38 Å². The van der Waals surface area contributed by atoms with Crippen LogP contribution < -0.4 is 10.1 Å². The summed E-state index contributed by atoms with van der Waals surface area (Å²) in [6.45, 7) is 0. The summed E-state index contributed by atoms with van der Waals surface area (Å²) in [5, 5.41) is 5.54. The molecule has 0 unspecified atom stereocenters. The van der Waals surface area contributed by atoms with E-state index in [1.54, 1.807) is 48.9 Å². The number of carbonyl (C=O) groups is 1.